The van der Waals surface area contributed by atoms with E-state index in [9.17, 15) is 8.78 Å². The summed E-state index contributed by atoms with van der Waals surface area (Å²) in [6, 6.07) is 0. The van der Waals surface area contributed by atoms with Crippen molar-refractivity contribution in [3.8, 4) is 0 Å². The van der Waals surface area contributed by atoms with Gasteiger partial charge in [0.05, 0.1) is 6.33 Å². The predicted molar refractivity (Wildman–Crippen MR) is 68.0 cm³/mol. The zero-order valence-corrected chi connectivity index (χ0v) is 10.7. The van der Waals surface area contributed by atoms with Gasteiger partial charge in [-0.15, -0.1) is 0 Å². The smallest absolute Gasteiger partial charge is 0.256 e. The second kappa shape index (κ2) is 4.62. The summed E-state index contributed by atoms with van der Waals surface area (Å²) < 4.78 is 29.0. The van der Waals surface area contributed by atoms with Gasteiger partial charge in [0.25, 0.3) is 5.92 Å². The zero-order valence-electron chi connectivity index (χ0n) is 10.7. The molecule has 1 fully saturated rings. The summed E-state index contributed by atoms with van der Waals surface area (Å²) >= 11 is 0. The third kappa shape index (κ3) is 2.00. The van der Waals surface area contributed by atoms with E-state index in [-0.39, 0.29) is 19.0 Å². The molecule has 6 nitrogen and oxygen atoms in total. The van der Waals surface area contributed by atoms with Crippen LogP contribution in [0.4, 0.5) is 14.6 Å². The maximum Gasteiger partial charge on any atom is 0.256 e. The highest BCUT2D eigenvalue weighted by atomic mass is 19.3. The Morgan fingerprint density at radius 2 is 2.10 bits per heavy atom. The molecule has 0 saturated heterocycles. The zero-order chi connectivity index (χ0) is 14.3. The van der Waals surface area contributed by atoms with Crippen LogP contribution in [0.3, 0.4) is 0 Å². The highest BCUT2D eigenvalue weighted by molar-refractivity contribution is 5.81. The number of rotatable bonds is 5. The number of fused-ring (bicyclic) bond motifs is 1. The Labute approximate surface area is 113 Å². The van der Waals surface area contributed by atoms with Crippen LogP contribution in [0, 0.1) is 11.8 Å². The van der Waals surface area contributed by atoms with E-state index in [0.717, 1.165) is 0 Å². The van der Waals surface area contributed by atoms with Crippen LogP contribution in [0.15, 0.2) is 12.7 Å². The first-order chi connectivity index (χ1) is 9.55. The third-order valence-electron chi connectivity index (χ3n) is 3.86. The molecule has 0 aliphatic heterocycles. The fourth-order valence-corrected chi connectivity index (χ4v) is 2.66. The van der Waals surface area contributed by atoms with Crippen LogP contribution in [0.1, 0.15) is 12.8 Å². The average molecular weight is 283 g/mol. The first-order valence-corrected chi connectivity index (χ1v) is 6.45. The van der Waals surface area contributed by atoms with Crippen LogP contribution >= 0.6 is 0 Å². The van der Waals surface area contributed by atoms with E-state index >= 15 is 0 Å². The Hall–Kier alpha value is -1.83. The van der Waals surface area contributed by atoms with Gasteiger partial charge in [0.15, 0.2) is 11.5 Å². The van der Waals surface area contributed by atoms with Crippen molar-refractivity contribution in [2.75, 3.05) is 12.3 Å². The van der Waals surface area contributed by atoms with Gasteiger partial charge in [0.2, 0.25) is 0 Å². The minimum Gasteiger partial charge on any atom is -0.396 e. The quantitative estimate of drug-likeness (QED) is 0.856. The van der Waals surface area contributed by atoms with Gasteiger partial charge in [0, 0.05) is 25.0 Å². The van der Waals surface area contributed by atoms with Gasteiger partial charge in [-0.1, -0.05) is 0 Å². The predicted octanol–water partition coefficient (Wildman–Crippen LogP) is 1.06. The van der Waals surface area contributed by atoms with Crippen LogP contribution in [0.25, 0.3) is 11.2 Å². The second-order valence-corrected chi connectivity index (χ2v) is 5.08. The van der Waals surface area contributed by atoms with Gasteiger partial charge in [-0.2, -0.15) is 0 Å². The molecule has 0 spiro atoms. The Kier molecular flexibility index (Phi) is 3.04. The standard InChI is InChI=1S/C12H15F2N5O/c13-12(14)7(2-1-3-20)8(12)4-19-6-18-9-10(15)16-5-17-11(9)19/h5-8,20H,1-4H2,(H2,15,16,17)/t7-,8-/m1/s1. The molecule has 2 aromatic heterocycles. The molecule has 0 amide bonds. The second-order valence-electron chi connectivity index (χ2n) is 5.08. The minimum atomic E-state index is -2.68. The van der Waals surface area contributed by atoms with E-state index in [1.54, 1.807) is 4.57 Å². The number of alkyl halides is 2. The maximum absolute atomic E-state index is 13.7. The molecule has 3 N–H and O–H groups in total. The lowest BCUT2D eigenvalue weighted by Crippen LogP contribution is -2.05. The molecular weight excluding hydrogens is 268 g/mol. The van der Waals surface area contributed by atoms with Crippen LogP contribution in [0.5, 0.6) is 0 Å². The summed E-state index contributed by atoms with van der Waals surface area (Å²) in [4.78, 5) is 11.9. The van der Waals surface area contributed by atoms with Gasteiger partial charge in [0.1, 0.15) is 11.8 Å². The molecule has 108 valence electrons. The molecular formula is C12H15F2N5O. The first-order valence-electron chi connectivity index (χ1n) is 6.45. The van der Waals surface area contributed by atoms with Crippen molar-refractivity contribution in [2.45, 2.75) is 25.3 Å². The molecule has 0 bridgehead atoms. The van der Waals surface area contributed by atoms with Crippen LogP contribution in [0.2, 0.25) is 0 Å². The SMILES string of the molecule is Nc1ncnc2c1ncn2C[C@@H]1[C@@H](CCCO)C1(F)F. The average Bonchev–Trinajstić information content (AvgIpc) is 2.74. The molecule has 0 unspecified atom stereocenters. The number of aliphatic hydroxyl groups excluding tert-OH is 1. The number of anilines is 1. The van der Waals surface area contributed by atoms with Crippen LogP contribution in [-0.4, -0.2) is 37.2 Å². The maximum atomic E-state index is 13.7. The molecule has 3 rings (SSSR count). The molecule has 0 aromatic carbocycles. The topological polar surface area (TPSA) is 89.9 Å². The number of nitrogens with zero attached hydrogens (tertiary/aromatic N) is 4. The Morgan fingerprint density at radius 3 is 2.85 bits per heavy atom. The van der Waals surface area contributed by atoms with Crippen LogP contribution in [-0.2, 0) is 6.54 Å². The summed E-state index contributed by atoms with van der Waals surface area (Å²) in [5, 5.41) is 8.74. The highest BCUT2D eigenvalue weighted by Crippen LogP contribution is 2.58. The lowest BCUT2D eigenvalue weighted by Gasteiger charge is -2.02. The van der Waals surface area contributed by atoms with Crippen molar-refractivity contribution in [3.63, 3.8) is 0 Å². The Morgan fingerprint density at radius 1 is 1.30 bits per heavy atom. The number of aromatic nitrogens is 4. The van der Waals surface area contributed by atoms with E-state index < -0.39 is 17.8 Å². The van der Waals surface area contributed by atoms with Crippen molar-refractivity contribution >= 4 is 17.0 Å². The van der Waals surface area contributed by atoms with E-state index in [2.05, 4.69) is 15.0 Å². The number of imidazole rings is 1. The summed E-state index contributed by atoms with van der Waals surface area (Å²) in [7, 11) is 0. The molecule has 0 radical (unpaired) electrons. The summed E-state index contributed by atoms with van der Waals surface area (Å²) in [5.41, 5.74) is 6.57. The number of halogens is 2. The molecule has 2 aromatic rings. The van der Waals surface area contributed by atoms with Crippen molar-refractivity contribution < 1.29 is 13.9 Å². The first kappa shape index (κ1) is 13.2. The Bertz CT molecular complexity index is 629. The van der Waals surface area contributed by atoms with Crippen molar-refractivity contribution in [1.82, 2.24) is 19.5 Å². The van der Waals surface area contributed by atoms with E-state index in [4.69, 9.17) is 10.8 Å². The van der Waals surface area contributed by atoms with Gasteiger partial charge < -0.3 is 15.4 Å². The molecule has 8 heteroatoms. The van der Waals surface area contributed by atoms with E-state index in [0.29, 0.717) is 24.0 Å². The van der Waals surface area contributed by atoms with Crippen molar-refractivity contribution in [3.05, 3.63) is 12.7 Å². The summed E-state index contributed by atoms with van der Waals surface area (Å²) in [6.07, 6.45) is 3.49. The fraction of sp³-hybridized carbons (Fsp3) is 0.583. The number of nitrogens with two attached hydrogens (primary N) is 1. The molecule has 1 saturated carbocycles. The highest BCUT2D eigenvalue weighted by Gasteiger charge is 2.67. The van der Waals surface area contributed by atoms with Crippen molar-refractivity contribution in [2.24, 2.45) is 11.8 Å². The van der Waals surface area contributed by atoms with Gasteiger partial charge >= 0.3 is 0 Å². The molecule has 2 atom stereocenters. The number of hydrogen-bond donors (Lipinski definition) is 2. The van der Waals surface area contributed by atoms with Gasteiger partial charge in [-0.3, -0.25) is 0 Å². The molecule has 1 aliphatic carbocycles. The van der Waals surface area contributed by atoms with Gasteiger partial charge in [-0.25, -0.2) is 23.7 Å². The largest absolute Gasteiger partial charge is 0.396 e. The van der Waals surface area contributed by atoms with E-state index in [1.165, 1.54) is 12.7 Å². The lowest BCUT2D eigenvalue weighted by atomic mass is 10.2. The summed E-state index contributed by atoms with van der Waals surface area (Å²) in [6.45, 7) is 0.0904. The van der Waals surface area contributed by atoms with Gasteiger partial charge in [-0.05, 0) is 12.8 Å². The third-order valence-corrected chi connectivity index (χ3v) is 3.86. The van der Waals surface area contributed by atoms with Crippen LogP contribution < -0.4 is 5.73 Å². The number of nitrogen functional groups attached to an aromatic ring is 1. The molecule has 2 heterocycles. The normalized spacial score (nSPS) is 24.1. The monoisotopic (exact) mass is 283 g/mol. The fourth-order valence-electron chi connectivity index (χ4n) is 2.66. The molecule has 1 aliphatic rings. The number of hydrogen-bond acceptors (Lipinski definition) is 5. The lowest BCUT2D eigenvalue weighted by molar-refractivity contribution is 0.0791. The summed E-state index contributed by atoms with van der Waals surface area (Å²) in [5.74, 6) is -3.84. The van der Waals surface area contributed by atoms with Crippen molar-refractivity contribution in [1.29, 1.82) is 0 Å². The minimum absolute atomic E-state index is 0.0585. The number of aliphatic hydroxyl groups is 1. The Balaban J connectivity index is 1.79. The molecule has 20 heavy (non-hydrogen) atoms. The van der Waals surface area contributed by atoms with E-state index in [1.807, 2.05) is 0 Å².